The van der Waals surface area contributed by atoms with E-state index in [1.807, 2.05) is 40.7 Å². The molecular formula is C15H23BO4. The minimum atomic E-state index is -0.467. The van der Waals surface area contributed by atoms with Gasteiger partial charge >= 0.3 is 7.12 Å². The van der Waals surface area contributed by atoms with Crippen molar-refractivity contribution in [1.82, 2.24) is 0 Å². The van der Waals surface area contributed by atoms with E-state index in [2.05, 4.69) is 0 Å². The molecule has 2 rings (SSSR count). The largest absolute Gasteiger partial charge is 0.504 e. The highest BCUT2D eigenvalue weighted by molar-refractivity contribution is 6.62. The zero-order valence-electron chi connectivity index (χ0n) is 12.9. The third-order valence-corrected chi connectivity index (χ3v) is 3.97. The molecule has 1 aromatic rings. The van der Waals surface area contributed by atoms with Crippen molar-refractivity contribution in [3.05, 3.63) is 18.2 Å². The third kappa shape index (κ3) is 2.79. The van der Waals surface area contributed by atoms with E-state index < -0.39 is 7.12 Å². The maximum Gasteiger partial charge on any atom is 0.494 e. The molecule has 0 amide bonds. The number of ether oxygens (including phenoxy) is 1. The van der Waals surface area contributed by atoms with Gasteiger partial charge in [-0.1, -0.05) is 13.0 Å². The van der Waals surface area contributed by atoms with E-state index in [9.17, 15) is 5.11 Å². The third-order valence-electron chi connectivity index (χ3n) is 3.97. The smallest absolute Gasteiger partial charge is 0.494 e. The van der Waals surface area contributed by atoms with Crippen molar-refractivity contribution in [2.75, 3.05) is 6.61 Å². The van der Waals surface area contributed by atoms with Crippen LogP contribution in [0.1, 0.15) is 41.0 Å². The number of phenols is 1. The molecule has 4 nitrogen and oxygen atoms in total. The van der Waals surface area contributed by atoms with E-state index in [-0.39, 0.29) is 17.0 Å². The van der Waals surface area contributed by atoms with Gasteiger partial charge in [0, 0.05) is 0 Å². The summed E-state index contributed by atoms with van der Waals surface area (Å²) in [5.41, 5.74) is 0.0278. The Morgan fingerprint density at radius 2 is 1.75 bits per heavy atom. The Hall–Kier alpha value is -1.20. The van der Waals surface area contributed by atoms with E-state index in [4.69, 9.17) is 14.0 Å². The van der Waals surface area contributed by atoms with Crippen molar-refractivity contribution < 1.29 is 19.2 Å². The van der Waals surface area contributed by atoms with Gasteiger partial charge in [0.2, 0.25) is 0 Å². The molecule has 1 aromatic carbocycles. The fraction of sp³-hybridized carbons (Fsp3) is 0.600. The minimum Gasteiger partial charge on any atom is -0.504 e. The molecule has 0 spiro atoms. The Balaban J connectivity index is 2.17. The van der Waals surface area contributed by atoms with Gasteiger partial charge < -0.3 is 19.2 Å². The first-order valence-corrected chi connectivity index (χ1v) is 7.08. The topological polar surface area (TPSA) is 47.9 Å². The molecule has 5 heteroatoms. The molecule has 0 unspecified atom stereocenters. The van der Waals surface area contributed by atoms with Crippen LogP contribution in [0.2, 0.25) is 0 Å². The van der Waals surface area contributed by atoms with Crippen molar-refractivity contribution >= 4 is 12.6 Å². The average Bonchev–Trinajstić information content (AvgIpc) is 2.57. The highest BCUT2D eigenvalue weighted by Crippen LogP contribution is 2.37. The number of benzene rings is 1. The summed E-state index contributed by atoms with van der Waals surface area (Å²) in [6.45, 7) is 10.6. The van der Waals surface area contributed by atoms with Gasteiger partial charge in [0.1, 0.15) is 0 Å². The fourth-order valence-electron chi connectivity index (χ4n) is 1.99. The molecule has 1 saturated heterocycles. The van der Waals surface area contributed by atoms with E-state index in [1.165, 1.54) is 0 Å². The molecule has 0 radical (unpaired) electrons. The molecular weight excluding hydrogens is 255 g/mol. The highest BCUT2D eigenvalue weighted by atomic mass is 16.7. The zero-order chi connectivity index (χ0) is 15.0. The lowest BCUT2D eigenvalue weighted by molar-refractivity contribution is 0.00578. The first-order valence-electron chi connectivity index (χ1n) is 7.08. The van der Waals surface area contributed by atoms with Crippen LogP contribution in [0.5, 0.6) is 11.5 Å². The number of aromatic hydroxyl groups is 1. The van der Waals surface area contributed by atoms with Crippen molar-refractivity contribution in [3.63, 3.8) is 0 Å². The second kappa shape index (κ2) is 5.30. The maximum atomic E-state index is 10.0. The van der Waals surface area contributed by atoms with Gasteiger partial charge in [-0.15, -0.1) is 0 Å². The second-order valence-electron chi connectivity index (χ2n) is 6.16. The molecule has 1 N–H and O–H groups in total. The minimum absolute atomic E-state index is 0.116. The summed E-state index contributed by atoms with van der Waals surface area (Å²) in [6, 6.07) is 5.27. The molecule has 20 heavy (non-hydrogen) atoms. The Bertz CT molecular complexity index is 469. The van der Waals surface area contributed by atoms with Gasteiger partial charge in [-0.05, 0) is 51.7 Å². The average molecular weight is 278 g/mol. The first-order chi connectivity index (χ1) is 9.27. The van der Waals surface area contributed by atoms with Gasteiger partial charge in [0.25, 0.3) is 0 Å². The highest BCUT2D eigenvalue weighted by Gasteiger charge is 2.51. The fourth-order valence-corrected chi connectivity index (χ4v) is 1.99. The van der Waals surface area contributed by atoms with Crippen LogP contribution in [-0.4, -0.2) is 30.0 Å². The Morgan fingerprint density at radius 1 is 1.15 bits per heavy atom. The lowest BCUT2D eigenvalue weighted by Gasteiger charge is -2.32. The van der Waals surface area contributed by atoms with E-state index in [1.54, 1.807) is 12.1 Å². The predicted octanol–water partition coefficient (Wildman–Crippen LogP) is 2.48. The van der Waals surface area contributed by atoms with Gasteiger partial charge in [0.05, 0.1) is 17.8 Å². The SMILES string of the molecule is CCCOc1ccc(B2OC(C)(C)C(C)(C)O2)cc1O. The molecule has 1 fully saturated rings. The van der Waals surface area contributed by atoms with Gasteiger partial charge in [-0.2, -0.15) is 0 Å². The molecule has 1 heterocycles. The van der Waals surface area contributed by atoms with Crippen molar-refractivity contribution in [1.29, 1.82) is 0 Å². The van der Waals surface area contributed by atoms with Gasteiger partial charge in [0.15, 0.2) is 11.5 Å². The summed E-state index contributed by atoms with van der Waals surface area (Å²) < 4.78 is 17.4. The summed E-state index contributed by atoms with van der Waals surface area (Å²) in [6.07, 6.45) is 0.901. The maximum absolute atomic E-state index is 10.0. The van der Waals surface area contributed by atoms with Gasteiger partial charge in [-0.3, -0.25) is 0 Å². The zero-order valence-corrected chi connectivity index (χ0v) is 12.9. The lowest BCUT2D eigenvalue weighted by Crippen LogP contribution is -2.41. The first kappa shape index (κ1) is 15.2. The molecule has 0 bridgehead atoms. The van der Waals surface area contributed by atoms with Crippen molar-refractivity contribution in [2.24, 2.45) is 0 Å². The van der Waals surface area contributed by atoms with Crippen LogP contribution in [-0.2, 0) is 9.31 Å². The predicted molar refractivity (Wildman–Crippen MR) is 79.6 cm³/mol. The van der Waals surface area contributed by atoms with Crippen molar-refractivity contribution in [2.45, 2.75) is 52.2 Å². The van der Waals surface area contributed by atoms with Crippen LogP contribution >= 0.6 is 0 Å². The molecule has 1 aliphatic rings. The summed E-state index contributed by atoms with van der Waals surface area (Å²) in [5, 5.41) is 10.0. The second-order valence-corrected chi connectivity index (χ2v) is 6.16. The summed E-state index contributed by atoms with van der Waals surface area (Å²) >= 11 is 0. The number of hydrogen-bond donors (Lipinski definition) is 1. The Morgan fingerprint density at radius 3 is 2.25 bits per heavy atom. The van der Waals surface area contributed by atoms with Crippen LogP contribution < -0.4 is 10.2 Å². The van der Waals surface area contributed by atoms with Crippen LogP contribution in [0.4, 0.5) is 0 Å². The van der Waals surface area contributed by atoms with Crippen molar-refractivity contribution in [3.8, 4) is 11.5 Å². The van der Waals surface area contributed by atoms with Gasteiger partial charge in [-0.25, -0.2) is 0 Å². The van der Waals surface area contributed by atoms with Crippen LogP contribution in [0.25, 0.3) is 0 Å². The molecule has 0 aliphatic carbocycles. The quantitative estimate of drug-likeness (QED) is 0.859. The number of phenolic OH excluding ortho intramolecular Hbond substituents is 1. The standard InChI is InChI=1S/C15H23BO4/c1-6-9-18-13-8-7-11(10-12(13)17)16-19-14(2,3)15(4,5)20-16/h7-8,10,17H,6,9H2,1-5H3. The van der Waals surface area contributed by atoms with Crippen LogP contribution in [0, 0.1) is 0 Å². The molecule has 1 aliphatic heterocycles. The van der Waals surface area contributed by atoms with Crippen LogP contribution in [0.15, 0.2) is 18.2 Å². The van der Waals surface area contributed by atoms with E-state index >= 15 is 0 Å². The molecule has 110 valence electrons. The van der Waals surface area contributed by atoms with E-state index in [0.29, 0.717) is 12.4 Å². The lowest BCUT2D eigenvalue weighted by atomic mass is 9.79. The normalized spacial score (nSPS) is 20.1. The van der Waals surface area contributed by atoms with E-state index in [0.717, 1.165) is 11.9 Å². The number of rotatable bonds is 4. The Kier molecular flexibility index (Phi) is 4.03. The summed E-state index contributed by atoms with van der Waals surface area (Å²) in [7, 11) is -0.467. The van der Waals surface area contributed by atoms with Crippen LogP contribution in [0.3, 0.4) is 0 Å². The molecule has 0 atom stereocenters. The molecule has 0 saturated carbocycles. The summed E-state index contributed by atoms with van der Waals surface area (Å²) in [4.78, 5) is 0. The summed E-state index contributed by atoms with van der Waals surface area (Å²) in [5.74, 6) is 0.609. The Labute approximate surface area is 121 Å². The monoisotopic (exact) mass is 278 g/mol. The number of hydrogen-bond acceptors (Lipinski definition) is 4. The molecule has 0 aromatic heterocycles.